The molecule has 56 heavy (non-hydrogen) atoms. The van der Waals surface area contributed by atoms with E-state index in [4.69, 9.17) is 0 Å². The molecule has 0 fully saturated rings. The lowest BCUT2D eigenvalue weighted by Gasteiger charge is -2.27. The highest BCUT2D eigenvalue weighted by atomic mass is 19.1. The summed E-state index contributed by atoms with van der Waals surface area (Å²) in [5, 5.41) is 7.15. The molecule has 0 heterocycles. The summed E-state index contributed by atoms with van der Waals surface area (Å²) in [5.41, 5.74) is 12.3. The lowest BCUT2D eigenvalue weighted by molar-refractivity contribution is 0.628. The monoisotopic (exact) mass is 717 g/mol. The van der Waals surface area contributed by atoms with E-state index in [-0.39, 0.29) is 5.82 Å². The SMILES string of the molecule is Fc1ccc(-c2cccc3cccc(-c4ccc(N(c5ccc(-c6ccccc6)cc5)c5cc(-c6cccc7ccccc67)c6ccccc6c5)cc4)c23)cc1. The van der Waals surface area contributed by atoms with Crippen LogP contribution in [0.25, 0.3) is 76.8 Å². The summed E-state index contributed by atoms with van der Waals surface area (Å²) in [5.74, 6) is -0.236. The van der Waals surface area contributed by atoms with E-state index in [1.54, 1.807) is 0 Å². The van der Waals surface area contributed by atoms with Gasteiger partial charge in [0.2, 0.25) is 0 Å². The van der Waals surface area contributed by atoms with Gasteiger partial charge in [0.05, 0.1) is 0 Å². The van der Waals surface area contributed by atoms with E-state index in [1.807, 2.05) is 12.1 Å². The van der Waals surface area contributed by atoms with Gasteiger partial charge in [0.1, 0.15) is 5.82 Å². The highest BCUT2D eigenvalue weighted by Gasteiger charge is 2.18. The minimum Gasteiger partial charge on any atom is -0.310 e. The van der Waals surface area contributed by atoms with Crippen molar-refractivity contribution in [3.8, 4) is 44.5 Å². The van der Waals surface area contributed by atoms with Crippen LogP contribution >= 0.6 is 0 Å². The second-order valence-electron chi connectivity index (χ2n) is 14.3. The van der Waals surface area contributed by atoms with Gasteiger partial charge in [-0.15, -0.1) is 0 Å². The standard InChI is InChI=1S/C54H36FN/c55-44-29-23-40(24-30-44)50-20-9-16-42-17-10-21-51(54(42)50)41-27-33-46(34-28-41)56(45-31-25-38(26-32-45)37-11-2-1-3-12-37)47-35-43-14-5-7-19-49(43)53(36-47)52-22-8-15-39-13-4-6-18-48(39)52/h1-36H. The molecule has 0 aliphatic carbocycles. The lowest BCUT2D eigenvalue weighted by atomic mass is 9.91. The molecular weight excluding hydrogens is 682 g/mol. The van der Waals surface area contributed by atoms with Crippen molar-refractivity contribution >= 4 is 49.4 Å². The molecule has 0 spiro atoms. The molecule has 1 nitrogen and oxygen atoms in total. The fourth-order valence-corrected chi connectivity index (χ4v) is 8.23. The second-order valence-corrected chi connectivity index (χ2v) is 14.3. The van der Waals surface area contributed by atoms with Crippen LogP contribution in [0.5, 0.6) is 0 Å². The molecule has 0 aliphatic rings. The predicted octanol–water partition coefficient (Wildman–Crippen LogP) is 15.4. The largest absolute Gasteiger partial charge is 0.310 e. The van der Waals surface area contributed by atoms with Crippen LogP contribution in [0, 0.1) is 5.82 Å². The van der Waals surface area contributed by atoms with Gasteiger partial charge < -0.3 is 4.90 Å². The van der Waals surface area contributed by atoms with Crippen molar-refractivity contribution in [1.82, 2.24) is 0 Å². The topological polar surface area (TPSA) is 3.24 Å². The Morgan fingerprint density at radius 3 is 1.39 bits per heavy atom. The number of fused-ring (bicyclic) bond motifs is 3. The van der Waals surface area contributed by atoms with Crippen molar-refractivity contribution < 1.29 is 4.39 Å². The molecule has 2 heteroatoms. The Morgan fingerprint density at radius 1 is 0.286 bits per heavy atom. The quantitative estimate of drug-likeness (QED) is 0.159. The molecule has 0 saturated carbocycles. The highest BCUT2D eigenvalue weighted by Crippen LogP contribution is 2.43. The minimum atomic E-state index is -0.236. The maximum absolute atomic E-state index is 14.0. The number of rotatable bonds is 7. The molecule has 0 unspecified atom stereocenters. The van der Waals surface area contributed by atoms with E-state index in [0.29, 0.717) is 0 Å². The maximum atomic E-state index is 14.0. The molecule has 0 aromatic heterocycles. The zero-order chi connectivity index (χ0) is 37.4. The predicted molar refractivity (Wildman–Crippen MR) is 235 cm³/mol. The number of halogens is 1. The van der Waals surface area contributed by atoms with Crippen molar-refractivity contribution in [3.05, 3.63) is 224 Å². The summed E-state index contributed by atoms with van der Waals surface area (Å²) in [6.45, 7) is 0. The van der Waals surface area contributed by atoms with E-state index in [1.165, 1.54) is 55.9 Å². The molecular formula is C54H36FN. The first-order valence-electron chi connectivity index (χ1n) is 19.0. The smallest absolute Gasteiger partial charge is 0.123 e. The first-order valence-corrected chi connectivity index (χ1v) is 19.0. The molecule has 10 aromatic carbocycles. The summed E-state index contributed by atoms with van der Waals surface area (Å²) < 4.78 is 14.0. The Hall–Kier alpha value is -7.29. The first kappa shape index (κ1) is 33.3. The lowest BCUT2D eigenvalue weighted by Crippen LogP contribution is -2.10. The van der Waals surface area contributed by atoms with Crippen molar-refractivity contribution in [1.29, 1.82) is 0 Å². The van der Waals surface area contributed by atoms with Crippen molar-refractivity contribution in [2.45, 2.75) is 0 Å². The van der Waals surface area contributed by atoms with Gasteiger partial charge in [0.25, 0.3) is 0 Å². The Balaban J connectivity index is 1.14. The van der Waals surface area contributed by atoms with Gasteiger partial charge in [0, 0.05) is 17.1 Å². The van der Waals surface area contributed by atoms with Crippen molar-refractivity contribution in [2.75, 3.05) is 4.90 Å². The van der Waals surface area contributed by atoms with E-state index in [2.05, 4.69) is 199 Å². The van der Waals surface area contributed by atoms with Crippen LogP contribution in [0.15, 0.2) is 218 Å². The molecule has 264 valence electrons. The van der Waals surface area contributed by atoms with E-state index in [9.17, 15) is 4.39 Å². The van der Waals surface area contributed by atoms with Crippen LogP contribution in [0.4, 0.5) is 21.5 Å². The molecule has 0 atom stereocenters. The molecule has 0 bridgehead atoms. The Kier molecular flexibility index (Phi) is 8.42. The van der Waals surface area contributed by atoms with Crippen LogP contribution in [-0.4, -0.2) is 0 Å². The number of hydrogen-bond acceptors (Lipinski definition) is 1. The molecule has 0 aliphatic heterocycles. The van der Waals surface area contributed by atoms with Crippen LogP contribution in [-0.2, 0) is 0 Å². The van der Waals surface area contributed by atoms with Gasteiger partial charge in [-0.2, -0.15) is 0 Å². The zero-order valence-electron chi connectivity index (χ0n) is 30.6. The fraction of sp³-hybridized carbons (Fsp3) is 0. The maximum Gasteiger partial charge on any atom is 0.123 e. The van der Waals surface area contributed by atoms with Gasteiger partial charge in [-0.1, -0.05) is 170 Å². The normalized spacial score (nSPS) is 11.3. The Bertz CT molecular complexity index is 2990. The highest BCUT2D eigenvalue weighted by molar-refractivity contribution is 6.08. The molecule has 0 radical (unpaired) electrons. The Morgan fingerprint density at radius 2 is 0.750 bits per heavy atom. The fourth-order valence-electron chi connectivity index (χ4n) is 8.23. The average molecular weight is 718 g/mol. The third-order valence-corrected chi connectivity index (χ3v) is 10.9. The van der Waals surface area contributed by atoms with E-state index >= 15 is 0 Å². The Labute approximate surface area is 326 Å². The molecule has 0 saturated heterocycles. The number of benzene rings is 10. The average Bonchev–Trinajstić information content (AvgIpc) is 3.27. The van der Waals surface area contributed by atoms with Crippen LogP contribution in [0.3, 0.4) is 0 Å². The summed E-state index contributed by atoms with van der Waals surface area (Å²) in [7, 11) is 0. The van der Waals surface area contributed by atoms with Crippen molar-refractivity contribution in [2.24, 2.45) is 0 Å². The van der Waals surface area contributed by atoms with Gasteiger partial charge in [-0.25, -0.2) is 4.39 Å². The second kappa shape index (κ2) is 14.2. The summed E-state index contributed by atoms with van der Waals surface area (Å²) in [6, 6.07) is 76.5. The number of nitrogens with zero attached hydrogens (tertiary/aromatic N) is 1. The molecule has 10 rings (SSSR count). The third-order valence-electron chi connectivity index (χ3n) is 10.9. The van der Waals surface area contributed by atoms with Crippen LogP contribution in [0.2, 0.25) is 0 Å². The molecule has 10 aromatic rings. The molecule has 0 amide bonds. The number of hydrogen-bond donors (Lipinski definition) is 0. The molecule has 0 N–H and O–H groups in total. The summed E-state index contributed by atoms with van der Waals surface area (Å²) >= 11 is 0. The van der Waals surface area contributed by atoms with E-state index < -0.39 is 0 Å². The summed E-state index contributed by atoms with van der Waals surface area (Å²) in [4.78, 5) is 2.37. The van der Waals surface area contributed by atoms with Gasteiger partial charge >= 0.3 is 0 Å². The van der Waals surface area contributed by atoms with Gasteiger partial charge in [-0.3, -0.25) is 0 Å². The number of anilines is 3. The summed E-state index contributed by atoms with van der Waals surface area (Å²) in [6.07, 6.45) is 0. The van der Waals surface area contributed by atoms with Gasteiger partial charge in [0.15, 0.2) is 0 Å². The van der Waals surface area contributed by atoms with E-state index in [0.717, 1.165) is 50.1 Å². The third kappa shape index (κ3) is 6.08. The van der Waals surface area contributed by atoms with Crippen LogP contribution in [0.1, 0.15) is 0 Å². The van der Waals surface area contributed by atoms with Crippen molar-refractivity contribution in [3.63, 3.8) is 0 Å². The van der Waals surface area contributed by atoms with Crippen LogP contribution < -0.4 is 4.90 Å². The minimum absolute atomic E-state index is 0.236. The zero-order valence-corrected chi connectivity index (χ0v) is 30.6. The first-order chi connectivity index (χ1) is 27.7. The van der Waals surface area contributed by atoms with Gasteiger partial charge in [-0.05, 0) is 125 Å².